The van der Waals surface area contributed by atoms with Crippen LogP contribution >= 0.6 is 0 Å². The fourth-order valence-corrected chi connectivity index (χ4v) is 2.93. The number of aromatic nitrogens is 1. The van der Waals surface area contributed by atoms with Crippen molar-refractivity contribution in [3.05, 3.63) is 24.0 Å². The number of likely N-dealkylation sites (tertiary alicyclic amines) is 1. The molecule has 1 aliphatic rings. The maximum absolute atomic E-state index is 10.7. The lowest BCUT2D eigenvalue weighted by molar-refractivity contribution is -0.0116. The Balaban J connectivity index is 2.12. The molecular formula is C15H25N3O. The Kier molecular flexibility index (Phi) is 4.42. The normalized spacial score (nSPS) is 21.2. The molecule has 4 heteroatoms. The van der Waals surface area contributed by atoms with Crippen LogP contribution < -0.4 is 5.73 Å². The van der Waals surface area contributed by atoms with Crippen molar-refractivity contribution in [1.29, 1.82) is 0 Å². The van der Waals surface area contributed by atoms with Gasteiger partial charge in [-0.15, -0.1) is 0 Å². The van der Waals surface area contributed by atoms with Gasteiger partial charge in [-0.3, -0.25) is 9.88 Å². The first-order chi connectivity index (χ1) is 9.08. The second-order valence-electron chi connectivity index (χ2n) is 5.70. The van der Waals surface area contributed by atoms with Crippen molar-refractivity contribution < 1.29 is 5.11 Å². The molecule has 0 spiro atoms. The zero-order valence-electron chi connectivity index (χ0n) is 12.0. The van der Waals surface area contributed by atoms with E-state index in [0.29, 0.717) is 12.1 Å². The van der Waals surface area contributed by atoms with Crippen molar-refractivity contribution in [2.24, 2.45) is 0 Å². The number of hydrogen-bond acceptors (Lipinski definition) is 4. The maximum atomic E-state index is 10.7. The van der Waals surface area contributed by atoms with Crippen LogP contribution in [0.4, 0.5) is 5.69 Å². The maximum Gasteiger partial charge on any atom is 0.0762 e. The van der Waals surface area contributed by atoms with Crippen molar-refractivity contribution in [2.45, 2.75) is 51.2 Å². The molecule has 2 unspecified atom stereocenters. The number of nitrogens with zero attached hydrogens (tertiary/aromatic N) is 2. The molecule has 1 saturated heterocycles. The zero-order chi connectivity index (χ0) is 13.9. The summed E-state index contributed by atoms with van der Waals surface area (Å²) in [6.07, 6.45) is 7.01. The molecule has 1 aliphatic heterocycles. The fraction of sp³-hybridized carbons (Fsp3) is 0.667. The Labute approximate surface area is 115 Å². The van der Waals surface area contributed by atoms with Gasteiger partial charge in [-0.25, -0.2) is 0 Å². The third-order valence-electron chi connectivity index (χ3n) is 4.62. The number of hydrogen-bond donors (Lipinski definition) is 2. The van der Waals surface area contributed by atoms with E-state index < -0.39 is 6.10 Å². The number of anilines is 1. The quantitative estimate of drug-likeness (QED) is 0.851. The van der Waals surface area contributed by atoms with Gasteiger partial charge in [-0.2, -0.15) is 0 Å². The Morgan fingerprint density at radius 1 is 1.47 bits per heavy atom. The smallest absolute Gasteiger partial charge is 0.0762 e. The summed E-state index contributed by atoms with van der Waals surface area (Å²) < 4.78 is 0. The Hall–Kier alpha value is -1.13. The van der Waals surface area contributed by atoms with Crippen molar-refractivity contribution in [2.75, 3.05) is 18.8 Å². The van der Waals surface area contributed by atoms with Crippen LogP contribution in [0.15, 0.2) is 18.5 Å². The molecule has 1 fully saturated rings. The second-order valence-corrected chi connectivity index (χ2v) is 5.70. The van der Waals surface area contributed by atoms with Crippen LogP contribution in [-0.2, 0) is 6.42 Å². The van der Waals surface area contributed by atoms with E-state index in [0.717, 1.165) is 25.1 Å². The molecule has 3 N–H and O–H groups in total. The molecule has 1 aromatic rings. The van der Waals surface area contributed by atoms with Crippen LogP contribution in [0, 0.1) is 0 Å². The standard InChI is InChI=1S/C15H25N3O/c1-3-15(2,18-8-4-5-9-18)14(19)10-12-11-17-7-6-13(12)16/h6-7,11,14,19H,3-5,8-10H2,1-2H3,(H2,16,17). The number of pyridine rings is 1. The van der Waals surface area contributed by atoms with Crippen molar-refractivity contribution in [3.8, 4) is 0 Å². The van der Waals surface area contributed by atoms with E-state index in [-0.39, 0.29) is 5.54 Å². The molecule has 2 rings (SSSR count). The second kappa shape index (κ2) is 5.88. The first kappa shape index (κ1) is 14.3. The van der Waals surface area contributed by atoms with E-state index in [2.05, 4.69) is 23.7 Å². The summed E-state index contributed by atoms with van der Waals surface area (Å²) in [4.78, 5) is 6.52. The molecule has 2 atom stereocenters. The molecule has 4 nitrogen and oxygen atoms in total. The minimum Gasteiger partial charge on any atom is -0.398 e. The van der Waals surface area contributed by atoms with Gasteiger partial charge in [0.05, 0.1) is 6.10 Å². The highest BCUT2D eigenvalue weighted by Crippen LogP contribution is 2.30. The van der Waals surface area contributed by atoms with Gasteiger partial charge in [-0.05, 0) is 50.9 Å². The Morgan fingerprint density at radius 3 is 2.74 bits per heavy atom. The van der Waals surface area contributed by atoms with E-state index in [9.17, 15) is 5.11 Å². The van der Waals surface area contributed by atoms with E-state index in [1.165, 1.54) is 12.8 Å². The summed E-state index contributed by atoms with van der Waals surface area (Å²) in [5.41, 5.74) is 7.43. The molecule has 0 aromatic carbocycles. The number of nitrogen functional groups attached to an aromatic ring is 1. The summed E-state index contributed by atoms with van der Waals surface area (Å²) in [6.45, 7) is 6.48. The lowest BCUT2D eigenvalue weighted by Gasteiger charge is -2.42. The van der Waals surface area contributed by atoms with E-state index >= 15 is 0 Å². The van der Waals surface area contributed by atoms with E-state index in [4.69, 9.17) is 5.73 Å². The molecule has 106 valence electrons. The van der Waals surface area contributed by atoms with Gasteiger partial charge >= 0.3 is 0 Å². The number of rotatable bonds is 5. The summed E-state index contributed by atoms with van der Waals surface area (Å²) >= 11 is 0. The zero-order valence-corrected chi connectivity index (χ0v) is 12.0. The summed E-state index contributed by atoms with van der Waals surface area (Å²) in [6, 6.07) is 1.79. The predicted octanol–water partition coefficient (Wildman–Crippen LogP) is 1.83. The largest absolute Gasteiger partial charge is 0.398 e. The van der Waals surface area contributed by atoms with Gasteiger partial charge in [-0.1, -0.05) is 6.92 Å². The summed E-state index contributed by atoms with van der Waals surface area (Å²) in [5.74, 6) is 0. The third kappa shape index (κ3) is 2.90. The first-order valence-electron chi connectivity index (χ1n) is 7.19. The van der Waals surface area contributed by atoms with Gasteiger partial charge in [0.2, 0.25) is 0 Å². The highest BCUT2D eigenvalue weighted by molar-refractivity contribution is 5.44. The minimum atomic E-state index is -0.415. The molecule has 0 radical (unpaired) electrons. The highest BCUT2D eigenvalue weighted by Gasteiger charge is 2.38. The van der Waals surface area contributed by atoms with Crippen molar-refractivity contribution >= 4 is 5.69 Å². The average Bonchev–Trinajstić information content (AvgIpc) is 2.95. The molecular weight excluding hydrogens is 238 g/mol. The van der Waals surface area contributed by atoms with Crippen LogP contribution in [0.5, 0.6) is 0 Å². The number of aliphatic hydroxyl groups excluding tert-OH is 1. The van der Waals surface area contributed by atoms with Gasteiger partial charge in [0, 0.05) is 30.0 Å². The number of aliphatic hydroxyl groups is 1. The minimum absolute atomic E-state index is 0.168. The van der Waals surface area contributed by atoms with Gasteiger partial charge in [0.15, 0.2) is 0 Å². The molecule has 0 aliphatic carbocycles. The predicted molar refractivity (Wildman–Crippen MR) is 77.9 cm³/mol. The third-order valence-corrected chi connectivity index (χ3v) is 4.62. The molecule has 0 saturated carbocycles. The average molecular weight is 263 g/mol. The van der Waals surface area contributed by atoms with Crippen LogP contribution in [-0.4, -0.2) is 39.7 Å². The monoisotopic (exact) mass is 263 g/mol. The molecule has 19 heavy (non-hydrogen) atoms. The fourth-order valence-electron chi connectivity index (χ4n) is 2.93. The van der Waals surface area contributed by atoms with E-state index in [1.54, 1.807) is 18.5 Å². The summed E-state index contributed by atoms with van der Waals surface area (Å²) in [5, 5.41) is 10.7. The summed E-state index contributed by atoms with van der Waals surface area (Å²) in [7, 11) is 0. The number of nitrogens with two attached hydrogens (primary N) is 1. The van der Waals surface area contributed by atoms with Crippen molar-refractivity contribution in [1.82, 2.24) is 9.88 Å². The first-order valence-corrected chi connectivity index (χ1v) is 7.19. The van der Waals surface area contributed by atoms with Crippen LogP contribution in [0.1, 0.15) is 38.7 Å². The van der Waals surface area contributed by atoms with Crippen molar-refractivity contribution in [3.63, 3.8) is 0 Å². The van der Waals surface area contributed by atoms with E-state index in [1.807, 2.05) is 0 Å². The molecule has 0 bridgehead atoms. The van der Waals surface area contributed by atoms with Crippen LogP contribution in [0.2, 0.25) is 0 Å². The van der Waals surface area contributed by atoms with Gasteiger partial charge < -0.3 is 10.8 Å². The van der Waals surface area contributed by atoms with Crippen LogP contribution in [0.25, 0.3) is 0 Å². The van der Waals surface area contributed by atoms with Gasteiger partial charge in [0.25, 0.3) is 0 Å². The molecule has 0 amide bonds. The highest BCUT2D eigenvalue weighted by atomic mass is 16.3. The molecule has 1 aromatic heterocycles. The SMILES string of the molecule is CCC(C)(C(O)Cc1cnccc1N)N1CCCC1. The van der Waals surface area contributed by atoms with Gasteiger partial charge in [0.1, 0.15) is 0 Å². The van der Waals surface area contributed by atoms with Crippen LogP contribution in [0.3, 0.4) is 0 Å². The Morgan fingerprint density at radius 2 is 2.16 bits per heavy atom. The Bertz CT molecular complexity index is 418. The topological polar surface area (TPSA) is 62.4 Å². The lowest BCUT2D eigenvalue weighted by Crippen LogP contribution is -2.53. The lowest BCUT2D eigenvalue weighted by atomic mass is 9.86. The molecule has 2 heterocycles.